The Morgan fingerprint density at radius 1 is 1.09 bits per heavy atom. The van der Waals surface area contributed by atoms with Crippen LogP contribution in [-0.2, 0) is 19.1 Å². The number of hydrogen-bond donors (Lipinski definition) is 0. The number of benzene rings is 1. The van der Waals surface area contributed by atoms with Gasteiger partial charge in [0.05, 0.1) is 19.3 Å². The van der Waals surface area contributed by atoms with E-state index in [-0.39, 0.29) is 31.1 Å². The fraction of sp³-hybridized carbons (Fsp3) is 0.375. The first-order chi connectivity index (χ1) is 10.9. The molecule has 0 aromatic heterocycles. The molecule has 0 saturated heterocycles. The second-order valence-corrected chi connectivity index (χ2v) is 4.34. The van der Waals surface area contributed by atoms with E-state index in [2.05, 4.69) is 0 Å². The van der Waals surface area contributed by atoms with Crippen molar-refractivity contribution in [3.8, 4) is 0 Å². The molecule has 0 atom stereocenters. The highest BCUT2D eigenvalue weighted by Crippen LogP contribution is 2.22. The summed E-state index contributed by atoms with van der Waals surface area (Å²) in [6, 6.07) is 3.19. The minimum absolute atomic E-state index is 0.105. The molecule has 23 heavy (non-hydrogen) atoms. The highest BCUT2D eigenvalue weighted by atomic mass is 19.2. The third-order valence-electron chi connectivity index (χ3n) is 2.85. The minimum atomic E-state index is -1.06. The van der Waals surface area contributed by atoms with Crippen molar-refractivity contribution >= 4 is 17.6 Å². The van der Waals surface area contributed by atoms with Crippen LogP contribution in [0.1, 0.15) is 20.8 Å². The predicted molar refractivity (Wildman–Crippen MR) is 80.7 cm³/mol. The molecule has 0 spiro atoms. The van der Waals surface area contributed by atoms with E-state index in [0.717, 1.165) is 18.2 Å². The monoisotopic (exact) mass is 327 g/mol. The number of likely N-dealkylation sites (N-methyl/N-ethyl adjacent to an activating group) is 1. The molecule has 0 aliphatic heterocycles. The summed E-state index contributed by atoms with van der Waals surface area (Å²) in [7, 11) is 0. The van der Waals surface area contributed by atoms with Crippen LogP contribution in [0.3, 0.4) is 0 Å². The third kappa shape index (κ3) is 5.05. The number of halogens is 2. The van der Waals surface area contributed by atoms with Gasteiger partial charge in [-0.2, -0.15) is 0 Å². The summed E-state index contributed by atoms with van der Waals surface area (Å²) in [5, 5.41) is 0. The molecule has 7 heteroatoms. The Kier molecular flexibility index (Phi) is 7.18. The molecule has 0 amide bonds. The summed E-state index contributed by atoms with van der Waals surface area (Å²) in [5.41, 5.74) is 0.105. The lowest BCUT2D eigenvalue weighted by molar-refractivity contribution is -0.141. The van der Waals surface area contributed by atoms with E-state index in [1.807, 2.05) is 0 Å². The maximum atomic E-state index is 13.4. The number of ether oxygens (including phenoxy) is 2. The van der Waals surface area contributed by atoms with Crippen molar-refractivity contribution in [2.45, 2.75) is 20.8 Å². The molecular weight excluding hydrogens is 308 g/mol. The summed E-state index contributed by atoms with van der Waals surface area (Å²) in [6.45, 7) is 5.42. The third-order valence-corrected chi connectivity index (χ3v) is 2.85. The van der Waals surface area contributed by atoms with Gasteiger partial charge in [-0.1, -0.05) is 0 Å². The number of carbonyl (C=O) groups excluding carboxylic acids is 2. The standard InChI is InChI=1S/C16H19F2NO4/c1-4-19(11-7-8-12(17)13(18)9-11)14(16(21)23-6-3)10-15(20)22-5-2/h7-10H,4-6H2,1-3H3/b14-10+. The summed E-state index contributed by atoms with van der Waals surface area (Å²) in [6.07, 6.45) is 0.978. The highest BCUT2D eigenvalue weighted by Gasteiger charge is 2.22. The topological polar surface area (TPSA) is 55.8 Å². The Hall–Kier alpha value is -2.44. The van der Waals surface area contributed by atoms with E-state index in [0.29, 0.717) is 0 Å². The van der Waals surface area contributed by atoms with E-state index in [1.165, 1.54) is 11.0 Å². The van der Waals surface area contributed by atoms with Crippen LogP contribution >= 0.6 is 0 Å². The van der Waals surface area contributed by atoms with Crippen molar-refractivity contribution < 1.29 is 27.8 Å². The van der Waals surface area contributed by atoms with Gasteiger partial charge in [-0.15, -0.1) is 0 Å². The van der Waals surface area contributed by atoms with Gasteiger partial charge in [0.1, 0.15) is 5.70 Å². The number of rotatable bonds is 7. The summed E-state index contributed by atoms with van der Waals surface area (Å²) >= 11 is 0. The Labute approximate surface area is 133 Å². The number of carbonyl (C=O) groups is 2. The fourth-order valence-electron chi connectivity index (χ4n) is 1.89. The Morgan fingerprint density at radius 3 is 2.26 bits per heavy atom. The van der Waals surface area contributed by atoms with Crippen molar-refractivity contribution in [1.29, 1.82) is 0 Å². The highest BCUT2D eigenvalue weighted by molar-refractivity contribution is 5.99. The summed E-state index contributed by atoms with van der Waals surface area (Å²) in [4.78, 5) is 25.1. The first-order valence-electron chi connectivity index (χ1n) is 7.22. The molecule has 0 N–H and O–H groups in total. The maximum absolute atomic E-state index is 13.4. The van der Waals surface area contributed by atoms with Crippen molar-refractivity contribution in [2.24, 2.45) is 0 Å². The van der Waals surface area contributed by atoms with Crippen LogP contribution in [0.2, 0.25) is 0 Å². The van der Waals surface area contributed by atoms with Gasteiger partial charge < -0.3 is 14.4 Å². The van der Waals surface area contributed by atoms with E-state index in [1.54, 1.807) is 20.8 Å². The number of esters is 2. The molecule has 0 aliphatic carbocycles. The molecule has 0 fully saturated rings. The predicted octanol–water partition coefficient (Wildman–Crippen LogP) is 2.80. The molecule has 1 aromatic rings. The van der Waals surface area contributed by atoms with Gasteiger partial charge in [0.15, 0.2) is 11.6 Å². The quantitative estimate of drug-likeness (QED) is 0.569. The minimum Gasteiger partial charge on any atom is -0.463 e. The fourth-order valence-corrected chi connectivity index (χ4v) is 1.89. The zero-order chi connectivity index (χ0) is 17.4. The van der Waals surface area contributed by atoms with Crippen molar-refractivity contribution in [1.82, 2.24) is 0 Å². The van der Waals surface area contributed by atoms with Gasteiger partial charge in [0.25, 0.3) is 0 Å². The van der Waals surface area contributed by atoms with Gasteiger partial charge in [-0.05, 0) is 32.9 Å². The average Bonchev–Trinajstić information content (AvgIpc) is 2.51. The van der Waals surface area contributed by atoms with E-state index in [4.69, 9.17) is 9.47 Å². The average molecular weight is 327 g/mol. The normalized spacial score (nSPS) is 11.1. The molecule has 0 heterocycles. The Bertz CT molecular complexity index is 602. The van der Waals surface area contributed by atoms with Crippen LogP contribution in [0.25, 0.3) is 0 Å². The summed E-state index contributed by atoms with van der Waals surface area (Å²) in [5.74, 6) is -3.54. The smallest absolute Gasteiger partial charge is 0.355 e. The molecule has 0 unspecified atom stereocenters. The molecule has 126 valence electrons. The Morgan fingerprint density at radius 2 is 1.74 bits per heavy atom. The molecule has 0 saturated carbocycles. The van der Waals surface area contributed by atoms with Crippen molar-refractivity contribution in [3.05, 3.63) is 41.6 Å². The lowest BCUT2D eigenvalue weighted by Crippen LogP contribution is -2.29. The lowest BCUT2D eigenvalue weighted by Gasteiger charge is -2.24. The van der Waals surface area contributed by atoms with Crippen LogP contribution < -0.4 is 4.90 Å². The number of hydrogen-bond acceptors (Lipinski definition) is 5. The van der Waals surface area contributed by atoms with Gasteiger partial charge >= 0.3 is 11.9 Å². The first-order valence-corrected chi connectivity index (χ1v) is 7.22. The molecule has 0 aliphatic rings. The number of nitrogens with zero attached hydrogens (tertiary/aromatic N) is 1. The van der Waals surface area contributed by atoms with Gasteiger partial charge in [0.2, 0.25) is 0 Å². The zero-order valence-electron chi connectivity index (χ0n) is 13.3. The van der Waals surface area contributed by atoms with Gasteiger partial charge in [0, 0.05) is 18.3 Å². The van der Waals surface area contributed by atoms with E-state index < -0.39 is 23.6 Å². The SMILES string of the molecule is CCOC(=O)/C=C(\C(=O)OCC)N(CC)c1ccc(F)c(F)c1. The largest absolute Gasteiger partial charge is 0.463 e. The van der Waals surface area contributed by atoms with Crippen molar-refractivity contribution in [3.63, 3.8) is 0 Å². The molecular formula is C16H19F2NO4. The molecule has 1 rings (SSSR count). The second kappa shape index (κ2) is 8.87. The maximum Gasteiger partial charge on any atom is 0.355 e. The van der Waals surface area contributed by atoms with E-state index >= 15 is 0 Å². The lowest BCUT2D eigenvalue weighted by atomic mass is 10.2. The molecule has 1 aromatic carbocycles. The molecule has 0 bridgehead atoms. The zero-order valence-corrected chi connectivity index (χ0v) is 13.3. The van der Waals surface area contributed by atoms with Crippen LogP contribution in [0.5, 0.6) is 0 Å². The van der Waals surface area contributed by atoms with Crippen molar-refractivity contribution in [2.75, 3.05) is 24.7 Å². The van der Waals surface area contributed by atoms with Crippen LogP contribution in [0.15, 0.2) is 30.0 Å². The van der Waals surface area contributed by atoms with Crippen LogP contribution in [0, 0.1) is 11.6 Å². The summed E-state index contributed by atoms with van der Waals surface area (Å²) < 4.78 is 36.2. The number of anilines is 1. The Balaban J connectivity index is 3.26. The second-order valence-electron chi connectivity index (χ2n) is 4.34. The molecule has 0 radical (unpaired) electrons. The van der Waals surface area contributed by atoms with E-state index in [9.17, 15) is 18.4 Å². The van der Waals surface area contributed by atoms with Crippen LogP contribution in [0.4, 0.5) is 14.5 Å². The first kappa shape index (κ1) is 18.6. The van der Waals surface area contributed by atoms with Gasteiger partial charge in [-0.3, -0.25) is 0 Å². The molecule has 5 nitrogen and oxygen atoms in total. The van der Waals surface area contributed by atoms with Crippen LogP contribution in [-0.4, -0.2) is 31.7 Å². The van der Waals surface area contributed by atoms with Gasteiger partial charge in [-0.25, -0.2) is 18.4 Å².